The van der Waals surface area contributed by atoms with Crippen LogP contribution in [0.25, 0.3) is 0 Å². The summed E-state index contributed by atoms with van der Waals surface area (Å²) in [5.41, 5.74) is 5.48. The molecular formula is C8H13N3. The van der Waals surface area contributed by atoms with Gasteiger partial charge < -0.3 is 5.73 Å². The molecule has 1 heterocycles. The summed E-state index contributed by atoms with van der Waals surface area (Å²) in [5.74, 6) is 0. The molecule has 0 saturated carbocycles. The van der Waals surface area contributed by atoms with E-state index in [2.05, 4.69) is 17.1 Å². The molecule has 11 heavy (non-hydrogen) atoms. The first kappa shape index (κ1) is 8.25. The molecule has 1 rings (SSSR count). The van der Waals surface area contributed by atoms with Crippen molar-refractivity contribution in [2.75, 3.05) is 19.6 Å². The van der Waals surface area contributed by atoms with E-state index in [1.807, 2.05) is 6.07 Å². The van der Waals surface area contributed by atoms with Crippen LogP contribution in [0.3, 0.4) is 0 Å². The van der Waals surface area contributed by atoms with Crippen LogP contribution in [0.2, 0.25) is 0 Å². The molecule has 0 aromatic heterocycles. The summed E-state index contributed by atoms with van der Waals surface area (Å²) < 4.78 is 0. The van der Waals surface area contributed by atoms with Gasteiger partial charge in [-0.25, -0.2) is 0 Å². The van der Waals surface area contributed by atoms with Gasteiger partial charge in [0.15, 0.2) is 0 Å². The van der Waals surface area contributed by atoms with Gasteiger partial charge >= 0.3 is 0 Å². The maximum atomic E-state index is 8.45. The fourth-order valence-corrected chi connectivity index (χ4v) is 1.17. The van der Waals surface area contributed by atoms with Crippen molar-refractivity contribution in [2.45, 2.75) is 12.5 Å². The van der Waals surface area contributed by atoms with Crippen LogP contribution in [0.15, 0.2) is 12.2 Å². The smallest absolute Gasteiger partial charge is 0.106 e. The van der Waals surface area contributed by atoms with E-state index in [0.29, 0.717) is 6.54 Å². The summed E-state index contributed by atoms with van der Waals surface area (Å²) in [7, 11) is 0. The standard InChI is InChI=1S/C8H13N3/c9-6-8(10)7-11-4-2-1-3-5-11/h1-2,8H,3-5,7,10H2. The first-order valence-corrected chi connectivity index (χ1v) is 3.85. The van der Waals surface area contributed by atoms with Gasteiger partial charge in [-0.15, -0.1) is 0 Å². The second-order valence-corrected chi connectivity index (χ2v) is 2.76. The Labute approximate surface area is 67.1 Å². The summed E-state index contributed by atoms with van der Waals surface area (Å²) in [6.07, 6.45) is 5.36. The molecule has 0 aliphatic carbocycles. The van der Waals surface area contributed by atoms with Crippen LogP contribution in [0, 0.1) is 11.3 Å². The number of nitriles is 1. The lowest BCUT2D eigenvalue weighted by atomic mass is 10.2. The van der Waals surface area contributed by atoms with Crippen LogP contribution in [0.5, 0.6) is 0 Å². The molecule has 60 valence electrons. The minimum atomic E-state index is -0.332. The van der Waals surface area contributed by atoms with Gasteiger partial charge in [-0.3, -0.25) is 4.90 Å². The molecule has 1 aliphatic rings. The molecular weight excluding hydrogens is 138 g/mol. The number of rotatable bonds is 2. The van der Waals surface area contributed by atoms with Gasteiger partial charge in [0, 0.05) is 19.6 Å². The zero-order chi connectivity index (χ0) is 8.10. The lowest BCUT2D eigenvalue weighted by molar-refractivity contribution is 0.293. The average Bonchev–Trinajstić information content (AvgIpc) is 2.06. The lowest BCUT2D eigenvalue weighted by Crippen LogP contribution is -2.38. The fourth-order valence-electron chi connectivity index (χ4n) is 1.17. The van der Waals surface area contributed by atoms with E-state index in [9.17, 15) is 0 Å². The first-order chi connectivity index (χ1) is 5.33. The van der Waals surface area contributed by atoms with E-state index in [0.717, 1.165) is 19.5 Å². The van der Waals surface area contributed by atoms with E-state index in [-0.39, 0.29) is 6.04 Å². The highest BCUT2D eigenvalue weighted by molar-refractivity contribution is 4.95. The fraction of sp³-hybridized carbons (Fsp3) is 0.625. The average molecular weight is 151 g/mol. The highest BCUT2D eigenvalue weighted by Crippen LogP contribution is 2.00. The minimum absolute atomic E-state index is 0.332. The van der Waals surface area contributed by atoms with Crippen LogP contribution in [-0.2, 0) is 0 Å². The van der Waals surface area contributed by atoms with Crippen LogP contribution in [0.4, 0.5) is 0 Å². The predicted octanol–water partition coefficient (Wildman–Crippen LogP) is 0.0992. The number of hydrogen-bond acceptors (Lipinski definition) is 3. The second kappa shape index (κ2) is 4.12. The zero-order valence-electron chi connectivity index (χ0n) is 6.53. The summed E-state index contributed by atoms with van der Waals surface area (Å²) in [6.45, 7) is 2.67. The summed E-state index contributed by atoms with van der Waals surface area (Å²) in [6, 6.07) is 1.69. The van der Waals surface area contributed by atoms with Gasteiger partial charge in [0.05, 0.1) is 6.07 Å². The van der Waals surface area contributed by atoms with Crippen molar-refractivity contribution in [3.63, 3.8) is 0 Å². The molecule has 3 heteroatoms. The Kier molecular flexibility index (Phi) is 3.09. The van der Waals surface area contributed by atoms with E-state index < -0.39 is 0 Å². The van der Waals surface area contributed by atoms with Gasteiger partial charge in [-0.05, 0) is 6.42 Å². The topological polar surface area (TPSA) is 53.1 Å². The Morgan fingerprint density at radius 3 is 3.00 bits per heavy atom. The van der Waals surface area contributed by atoms with Crippen LogP contribution in [0.1, 0.15) is 6.42 Å². The van der Waals surface area contributed by atoms with Gasteiger partial charge in [0.25, 0.3) is 0 Å². The third-order valence-electron chi connectivity index (χ3n) is 1.76. The Balaban J connectivity index is 2.27. The SMILES string of the molecule is N#CC(N)CN1CC=CCC1. The van der Waals surface area contributed by atoms with Crippen molar-refractivity contribution in [3.8, 4) is 6.07 Å². The molecule has 0 radical (unpaired) electrons. The molecule has 0 aromatic carbocycles. The molecule has 0 bridgehead atoms. The number of nitrogens with two attached hydrogens (primary N) is 1. The van der Waals surface area contributed by atoms with Crippen molar-refractivity contribution >= 4 is 0 Å². The third kappa shape index (κ3) is 2.71. The molecule has 1 unspecified atom stereocenters. The molecule has 2 N–H and O–H groups in total. The minimum Gasteiger partial charge on any atom is -0.315 e. The molecule has 0 amide bonds. The van der Waals surface area contributed by atoms with Crippen molar-refractivity contribution in [3.05, 3.63) is 12.2 Å². The summed E-state index contributed by atoms with van der Waals surface area (Å²) in [5, 5.41) is 8.45. The second-order valence-electron chi connectivity index (χ2n) is 2.76. The van der Waals surface area contributed by atoms with Gasteiger partial charge in [-0.2, -0.15) is 5.26 Å². The first-order valence-electron chi connectivity index (χ1n) is 3.85. The quantitative estimate of drug-likeness (QED) is 0.569. The summed E-state index contributed by atoms with van der Waals surface area (Å²) >= 11 is 0. The normalized spacial score (nSPS) is 21.1. The van der Waals surface area contributed by atoms with Gasteiger partial charge in [-0.1, -0.05) is 12.2 Å². The van der Waals surface area contributed by atoms with Gasteiger partial charge in [0.1, 0.15) is 6.04 Å². The monoisotopic (exact) mass is 151 g/mol. The van der Waals surface area contributed by atoms with Gasteiger partial charge in [0.2, 0.25) is 0 Å². The van der Waals surface area contributed by atoms with Crippen molar-refractivity contribution < 1.29 is 0 Å². The van der Waals surface area contributed by atoms with Crippen LogP contribution >= 0.6 is 0 Å². The van der Waals surface area contributed by atoms with Crippen molar-refractivity contribution in [1.82, 2.24) is 4.90 Å². The third-order valence-corrected chi connectivity index (χ3v) is 1.76. The number of hydrogen-bond donors (Lipinski definition) is 1. The molecule has 3 nitrogen and oxygen atoms in total. The molecule has 0 saturated heterocycles. The maximum absolute atomic E-state index is 8.45. The Bertz CT molecular complexity index is 180. The van der Waals surface area contributed by atoms with Crippen LogP contribution < -0.4 is 5.73 Å². The summed E-state index contributed by atoms with van der Waals surface area (Å²) in [4.78, 5) is 2.19. The zero-order valence-corrected chi connectivity index (χ0v) is 6.53. The molecule has 1 aliphatic heterocycles. The molecule has 0 aromatic rings. The Morgan fingerprint density at radius 2 is 2.45 bits per heavy atom. The van der Waals surface area contributed by atoms with Crippen LogP contribution in [-0.4, -0.2) is 30.6 Å². The largest absolute Gasteiger partial charge is 0.315 e. The number of nitrogens with zero attached hydrogens (tertiary/aromatic N) is 2. The lowest BCUT2D eigenvalue weighted by Gasteiger charge is -2.23. The van der Waals surface area contributed by atoms with Crippen molar-refractivity contribution in [1.29, 1.82) is 5.26 Å². The molecule has 0 spiro atoms. The predicted molar refractivity (Wildman–Crippen MR) is 43.8 cm³/mol. The highest BCUT2D eigenvalue weighted by atomic mass is 15.1. The van der Waals surface area contributed by atoms with E-state index in [1.165, 1.54) is 0 Å². The maximum Gasteiger partial charge on any atom is 0.106 e. The highest BCUT2D eigenvalue weighted by Gasteiger charge is 2.09. The van der Waals surface area contributed by atoms with E-state index >= 15 is 0 Å². The Morgan fingerprint density at radius 1 is 1.64 bits per heavy atom. The molecule has 0 fully saturated rings. The Hall–Kier alpha value is -0.850. The van der Waals surface area contributed by atoms with Crippen molar-refractivity contribution in [2.24, 2.45) is 5.73 Å². The van der Waals surface area contributed by atoms with E-state index in [1.54, 1.807) is 0 Å². The van der Waals surface area contributed by atoms with E-state index in [4.69, 9.17) is 11.0 Å². The molecule has 1 atom stereocenters.